The second-order valence-electron chi connectivity index (χ2n) is 8.02. The maximum Gasteiger partial charge on any atom is 0.308 e. The van der Waals surface area contributed by atoms with Crippen LogP contribution in [0.3, 0.4) is 0 Å². The molecule has 6 nitrogen and oxygen atoms in total. The van der Waals surface area contributed by atoms with Gasteiger partial charge in [-0.2, -0.15) is 0 Å². The number of amides is 1. The Labute approximate surface area is 169 Å². The molecule has 0 radical (unpaired) electrons. The molecule has 0 saturated carbocycles. The van der Waals surface area contributed by atoms with Gasteiger partial charge in [0.15, 0.2) is 0 Å². The average molecular weight is 390 g/mol. The van der Waals surface area contributed by atoms with Crippen LogP contribution in [0.25, 0.3) is 0 Å². The van der Waals surface area contributed by atoms with Crippen molar-refractivity contribution in [3.8, 4) is 0 Å². The summed E-state index contributed by atoms with van der Waals surface area (Å²) in [6.07, 6.45) is 0.635. The molecule has 156 valence electrons. The van der Waals surface area contributed by atoms with Gasteiger partial charge in [0.1, 0.15) is 0 Å². The first-order chi connectivity index (χ1) is 13.3. The Hall–Kier alpha value is -2.08. The van der Waals surface area contributed by atoms with Crippen LogP contribution in [0.1, 0.15) is 40.5 Å². The highest BCUT2D eigenvalue weighted by Crippen LogP contribution is 2.22. The quantitative estimate of drug-likeness (QED) is 0.658. The average Bonchev–Trinajstić information content (AvgIpc) is 2.67. The zero-order valence-electron chi connectivity index (χ0n) is 17.7. The number of carbonyl (C=O) groups excluding carboxylic acids is 2. The molecule has 1 aliphatic rings. The van der Waals surface area contributed by atoms with E-state index in [0.29, 0.717) is 13.0 Å². The van der Waals surface area contributed by atoms with Gasteiger partial charge >= 0.3 is 5.97 Å². The van der Waals surface area contributed by atoms with E-state index in [1.165, 1.54) is 5.69 Å². The molecule has 0 bridgehead atoms. The second-order valence-corrected chi connectivity index (χ2v) is 8.02. The van der Waals surface area contributed by atoms with Crippen LogP contribution in [0.5, 0.6) is 0 Å². The maximum atomic E-state index is 12.5. The van der Waals surface area contributed by atoms with Crippen molar-refractivity contribution in [3.05, 3.63) is 30.3 Å². The first kappa shape index (κ1) is 22.2. The topological polar surface area (TPSA) is 61.9 Å². The zero-order valence-corrected chi connectivity index (χ0v) is 17.7. The van der Waals surface area contributed by atoms with Gasteiger partial charge in [-0.3, -0.25) is 14.5 Å². The molecule has 1 heterocycles. The number of para-hydroxylation sites is 1. The standard InChI is InChI=1S/C22H35N3O3/c1-5-28-21(27)17-22(4,18(2)3)23-20(26)11-12-24-13-15-25(16-14-24)19-9-7-6-8-10-19/h6-10,18H,5,11-17H2,1-4H3,(H,23,26). The van der Waals surface area contributed by atoms with E-state index in [1.54, 1.807) is 6.92 Å². The maximum absolute atomic E-state index is 12.5. The normalized spacial score (nSPS) is 17.2. The minimum Gasteiger partial charge on any atom is -0.466 e. The molecule has 1 saturated heterocycles. The number of nitrogens with zero attached hydrogens (tertiary/aromatic N) is 2. The van der Waals surface area contributed by atoms with E-state index >= 15 is 0 Å². The third kappa shape index (κ3) is 6.51. The first-order valence-corrected chi connectivity index (χ1v) is 10.3. The van der Waals surface area contributed by atoms with Gasteiger partial charge in [-0.15, -0.1) is 0 Å². The Balaban J connectivity index is 1.77. The molecule has 6 heteroatoms. The van der Waals surface area contributed by atoms with Crippen LogP contribution in [0, 0.1) is 5.92 Å². The number of piperazine rings is 1. The highest BCUT2D eigenvalue weighted by Gasteiger charge is 2.33. The molecule has 1 aromatic carbocycles. The summed E-state index contributed by atoms with van der Waals surface area (Å²) in [5.74, 6) is -0.141. The van der Waals surface area contributed by atoms with Crippen molar-refractivity contribution in [2.75, 3.05) is 44.2 Å². The van der Waals surface area contributed by atoms with E-state index in [1.807, 2.05) is 26.8 Å². The number of hydrogen-bond donors (Lipinski definition) is 1. The van der Waals surface area contributed by atoms with Gasteiger partial charge in [0.05, 0.1) is 13.0 Å². The van der Waals surface area contributed by atoms with E-state index in [9.17, 15) is 9.59 Å². The Morgan fingerprint density at radius 2 is 1.79 bits per heavy atom. The van der Waals surface area contributed by atoms with Crippen molar-refractivity contribution in [1.29, 1.82) is 0 Å². The summed E-state index contributed by atoms with van der Waals surface area (Å²) in [4.78, 5) is 29.2. The monoisotopic (exact) mass is 389 g/mol. The Bertz CT molecular complexity index is 627. The number of rotatable bonds is 9. The van der Waals surface area contributed by atoms with Gasteiger partial charge in [0.2, 0.25) is 5.91 Å². The minimum atomic E-state index is -0.588. The van der Waals surface area contributed by atoms with Gasteiger partial charge in [-0.05, 0) is 31.9 Å². The summed E-state index contributed by atoms with van der Waals surface area (Å²) < 4.78 is 5.07. The number of anilines is 1. The molecule has 28 heavy (non-hydrogen) atoms. The molecule has 1 unspecified atom stereocenters. The van der Waals surface area contributed by atoms with E-state index in [0.717, 1.165) is 32.7 Å². The number of carbonyl (C=O) groups is 2. The van der Waals surface area contributed by atoms with E-state index in [2.05, 4.69) is 39.4 Å². The van der Waals surface area contributed by atoms with E-state index < -0.39 is 5.54 Å². The summed E-state index contributed by atoms with van der Waals surface area (Å²) in [6.45, 7) is 12.7. The molecule has 0 aromatic heterocycles. The number of nitrogens with one attached hydrogen (secondary N) is 1. The fourth-order valence-electron chi connectivity index (χ4n) is 3.41. The van der Waals surface area contributed by atoms with Gasteiger partial charge in [-0.25, -0.2) is 0 Å². The summed E-state index contributed by atoms with van der Waals surface area (Å²) in [6, 6.07) is 10.4. The fraction of sp³-hybridized carbons (Fsp3) is 0.636. The van der Waals surface area contributed by atoms with Crippen molar-refractivity contribution in [2.45, 2.75) is 46.1 Å². The smallest absolute Gasteiger partial charge is 0.308 e. The van der Waals surface area contributed by atoms with Crippen LogP contribution in [0.2, 0.25) is 0 Å². The Morgan fingerprint density at radius 1 is 1.14 bits per heavy atom. The summed E-state index contributed by atoms with van der Waals surface area (Å²) in [5.41, 5.74) is 0.668. The molecular formula is C22H35N3O3. The molecule has 1 aromatic rings. The lowest BCUT2D eigenvalue weighted by Gasteiger charge is -2.37. The van der Waals surface area contributed by atoms with Gasteiger partial charge < -0.3 is 15.0 Å². The molecule has 0 aliphatic carbocycles. The molecule has 1 aliphatic heterocycles. The number of hydrogen-bond acceptors (Lipinski definition) is 5. The zero-order chi connectivity index (χ0) is 20.6. The second kappa shape index (κ2) is 10.5. The molecule has 2 rings (SSSR count). The Morgan fingerprint density at radius 3 is 2.36 bits per heavy atom. The first-order valence-electron chi connectivity index (χ1n) is 10.3. The van der Waals surface area contributed by atoms with Crippen LogP contribution < -0.4 is 10.2 Å². The molecule has 0 spiro atoms. The van der Waals surface area contributed by atoms with Crippen molar-refractivity contribution >= 4 is 17.6 Å². The van der Waals surface area contributed by atoms with Crippen LogP contribution in [-0.4, -0.2) is 61.6 Å². The minimum absolute atomic E-state index is 0.00834. The summed E-state index contributed by atoms with van der Waals surface area (Å²) >= 11 is 0. The number of ether oxygens (including phenoxy) is 1. The van der Waals surface area contributed by atoms with Crippen LogP contribution in [-0.2, 0) is 14.3 Å². The predicted molar refractivity (Wildman–Crippen MR) is 112 cm³/mol. The number of benzene rings is 1. The third-order valence-corrected chi connectivity index (χ3v) is 5.66. The Kier molecular flexibility index (Phi) is 8.30. The summed E-state index contributed by atoms with van der Waals surface area (Å²) in [7, 11) is 0. The third-order valence-electron chi connectivity index (χ3n) is 5.66. The highest BCUT2D eigenvalue weighted by molar-refractivity contribution is 5.78. The van der Waals surface area contributed by atoms with Crippen LogP contribution in [0.15, 0.2) is 30.3 Å². The van der Waals surface area contributed by atoms with Gasteiger partial charge in [-0.1, -0.05) is 32.0 Å². The molecule has 1 fully saturated rings. The fourth-order valence-corrected chi connectivity index (χ4v) is 3.41. The highest BCUT2D eigenvalue weighted by atomic mass is 16.5. The predicted octanol–water partition coefficient (Wildman–Crippen LogP) is 2.68. The number of esters is 1. The SMILES string of the molecule is CCOC(=O)CC(C)(NC(=O)CCN1CCN(c2ccccc2)CC1)C(C)C. The van der Waals surface area contributed by atoms with Crippen LogP contribution in [0.4, 0.5) is 5.69 Å². The molecule has 1 amide bonds. The largest absolute Gasteiger partial charge is 0.466 e. The van der Waals surface area contributed by atoms with Crippen molar-refractivity contribution in [1.82, 2.24) is 10.2 Å². The van der Waals surface area contributed by atoms with Crippen LogP contribution >= 0.6 is 0 Å². The molecular weight excluding hydrogens is 354 g/mol. The van der Waals surface area contributed by atoms with E-state index in [-0.39, 0.29) is 24.2 Å². The van der Waals surface area contributed by atoms with Crippen molar-refractivity contribution in [2.24, 2.45) is 5.92 Å². The molecule has 1 N–H and O–H groups in total. The van der Waals surface area contributed by atoms with Gasteiger partial charge in [0, 0.05) is 50.4 Å². The molecule has 1 atom stereocenters. The van der Waals surface area contributed by atoms with Gasteiger partial charge in [0.25, 0.3) is 0 Å². The lowest BCUT2D eigenvalue weighted by atomic mass is 9.85. The van der Waals surface area contributed by atoms with Crippen molar-refractivity contribution in [3.63, 3.8) is 0 Å². The lowest BCUT2D eigenvalue weighted by molar-refractivity contribution is -0.145. The van der Waals surface area contributed by atoms with E-state index in [4.69, 9.17) is 4.74 Å². The lowest BCUT2D eigenvalue weighted by Crippen LogP contribution is -2.52. The summed E-state index contributed by atoms with van der Waals surface area (Å²) in [5, 5.41) is 3.08. The van der Waals surface area contributed by atoms with Crippen molar-refractivity contribution < 1.29 is 14.3 Å².